The molecule has 7 heteroatoms. The fourth-order valence-electron chi connectivity index (χ4n) is 2.68. The lowest BCUT2D eigenvalue weighted by atomic mass is 10.1. The normalized spacial score (nSPS) is 19.8. The smallest absolute Gasteiger partial charge is 0.239 e. The number of anilines is 1. The molecule has 0 bridgehead atoms. The summed E-state index contributed by atoms with van der Waals surface area (Å²) in [5, 5.41) is 6.81. The minimum absolute atomic E-state index is 0.106. The Balaban J connectivity index is 1.88. The highest BCUT2D eigenvalue weighted by atomic mass is 16.2. The third kappa shape index (κ3) is 4.07. The van der Waals surface area contributed by atoms with Crippen LogP contribution in [0.5, 0.6) is 0 Å². The Morgan fingerprint density at radius 1 is 1.45 bits per heavy atom. The summed E-state index contributed by atoms with van der Waals surface area (Å²) in [6.45, 7) is 8.47. The molecule has 0 radical (unpaired) electrons. The molecule has 0 aromatic carbocycles. The number of hydrogen-bond donors (Lipinski definition) is 1. The summed E-state index contributed by atoms with van der Waals surface area (Å²) in [5.74, 6) is 0.440. The van der Waals surface area contributed by atoms with E-state index in [1.165, 1.54) is 0 Å². The Hall–Kier alpha value is -1.89. The average Bonchev–Trinajstić information content (AvgIpc) is 2.83. The molecule has 22 heavy (non-hydrogen) atoms. The predicted octanol–water partition coefficient (Wildman–Crippen LogP) is 0.547. The standard InChI is InChI=1S/C15H25N5O2/c1-11(2)8-20-6-5-19(12(3)15(20)22)10-14(21)17-13-7-16-18(4)9-13/h7,9,11-12H,5-6,8,10H2,1-4H3,(H,17,21)/t12-/m1/s1. The molecular weight excluding hydrogens is 282 g/mol. The quantitative estimate of drug-likeness (QED) is 0.862. The van der Waals surface area contributed by atoms with Gasteiger partial charge in [-0.1, -0.05) is 13.8 Å². The van der Waals surface area contributed by atoms with Crippen molar-refractivity contribution in [3.05, 3.63) is 12.4 Å². The monoisotopic (exact) mass is 307 g/mol. The molecule has 1 saturated heterocycles. The topological polar surface area (TPSA) is 70.5 Å². The van der Waals surface area contributed by atoms with Gasteiger partial charge < -0.3 is 10.2 Å². The van der Waals surface area contributed by atoms with Gasteiger partial charge in [-0.05, 0) is 12.8 Å². The number of carbonyl (C=O) groups excluding carboxylic acids is 2. The average molecular weight is 307 g/mol. The van der Waals surface area contributed by atoms with Crippen LogP contribution in [0, 0.1) is 5.92 Å². The lowest BCUT2D eigenvalue weighted by molar-refractivity contribution is -0.142. The first kappa shape index (κ1) is 16.5. The second-order valence-electron chi connectivity index (χ2n) is 6.28. The zero-order valence-electron chi connectivity index (χ0n) is 13.7. The number of hydrogen-bond acceptors (Lipinski definition) is 4. The van der Waals surface area contributed by atoms with Crippen LogP contribution in [0.1, 0.15) is 20.8 Å². The lowest BCUT2D eigenvalue weighted by Crippen LogP contribution is -2.57. The van der Waals surface area contributed by atoms with Gasteiger partial charge in [0.1, 0.15) is 0 Å². The largest absolute Gasteiger partial charge is 0.340 e. The second-order valence-corrected chi connectivity index (χ2v) is 6.28. The summed E-state index contributed by atoms with van der Waals surface area (Å²) in [7, 11) is 1.80. The number of nitrogens with one attached hydrogen (secondary N) is 1. The first-order valence-corrected chi connectivity index (χ1v) is 7.68. The van der Waals surface area contributed by atoms with Crippen molar-refractivity contribution in [1.29, 1.82) is 0 Å². The van der Waals surface area contributed by atoms with E-state index in [1.807, 2.05) is 16.7 Å². The molecule has 1 fully saturated rings. The van der Waals surface area contributed by atoms with Gasteiger partial charge in [-0.3, -0.25) is 19.2 Å². The summed E-state index contributed by atoms with van der Waals surface area (Å²) >= 11 is 0. The molecule has 2 rings (SSSR count). The number of aromatic nitrogens is 2. The van der Waals surface area contributed by atoms with Crippen molar-refractivity contribution < 1.29 is 9.59 Å². The molecule has 1 aliphatic rings. The van der Waals surface area contributed by atoms with E-state index in [-0.39, 0.29) is 24.4 Å². The molecule has 0 saturated carbocycles. The Bertz CT molecular complexity index is 540. The molecule has 1 atom stereocenters. The van der Waals surface area contributed by atoms with Crippen molar-refractivity contribution in [2.45, 2.75) is 26.8 Å². The maximum Gasteiger partial charge on any atom is 0.239 e. The van der Waals surface area contributed by atoms with E-state index >= 15 is 0 Å². The van der Waals surface area contributed by atoms with Crippen molar-refractivity contribution in [2.75, 3.05) is 31.5 Å². The molecular formula is C15H25N5O2. The van der Waals surface area contributed by atoms with Crippen LogP contribution in [-0.4, -0.2) is 63.6 Å². The highest BCUT2D eigenvalue weighted by Crippen LogP contribution is 2.13. The minimum Gasteiger partial charge on any atom is -0.340 e. The van der Waals surface area contributed by atoms with Gasteiger partial charge >= 0.3 is 0 Å². The second kappa shape index (κ2) is 6.91. The van der Waals surface area contributed by atoms with E-state index in [9.17, 15) is 9.59 Å². The first-order valence-electron chi connectivity index (χ1n) is 7.68. The number of aryl methyl sites for hydroxylation is 1. The zero-order chi connectivity index (χ0) is 16.3. The number of rotatable bonds is 5. The van der Waals surface area contributed by atoms with E-state index in [4.69, 9.17) is 0 Å². The molecule has 0 unspecified atom stereocenters. The van der Waals surface area contributed by atoms with Crippen molar-refractivity contribution >= 4 is 17.5 Å². The van der Waals surface area contributed by atoms with Crippen LogP contribution >= 0.6 is 0 Å². The van der Waals surface area contributed by atoms with Gasteiger partial charge in [-0.2, -0.15) is 5.10 Å². The number of amides is 2. The van der Waals surface area contributed by atoms with Crippen LogP contribution in [0.3, 0.4) is 0 Å². The summed E-state index contributed by atoms with van der Waals surface area (Å²) in [4.78, 5) is 28.3. The van der Waals surface area contributed by atoms with Crippen molar-refractivity contribution in [3.63, 3.8) is 0 Å². The number of piperazine rings is 1. The van der Waals surface area contributed by atoms with Gasteiger partial charge in [0.2, 0.25) is 11.8 Å². The molecule has 1 N–H and O–H groups in total. The van der Waals surface area contributed by atoms with Crippen LogP contribution in [0.2, 0.25) is 0 Å². The van der Waals surface area contributed by atoms with E-state index in [2.05, 4.69) is 24.3 Å². The summed E-state index contributed by atoms with van der Waals surface area (Å²) in [6.07, 6.45) is 3.35. The molecule has 0 aliphatic carbocycles. The van der Waals surface area contributed by atoms with Gasteiger partial charge in [0, 0.05) is 32.9 Å². The van der Waals surface area contributed by atoms with E-state index in [0.29, 0.717) is 18.2 Å². The fourth-order valence-corrected chi connectivity index (χ4v) is 2.68. The molecule has 2 heterocycles. The fraction of sp³-hybridized carbons (Fsp3) is 0.667. The zero-order valence-corrected chi connectivity index (χ0v) is 13.7. The number of nitrogens with zero attached hydrogens (tertiary/aromatic N) is 4. The maximum atomic E-state index is 12.4. The third-order valence-corrected chi connectivity index (χ3v) is 3.79. The van der Waals surface area contributed by atoms with Gasteiger partial charge in [0.05, 0.1) is 24.5 Å². The van der Waals surface area contributed by atoms with Gasteiger partial charge in [0.15, 0.2) is 0 Å². The summed E-state index contributed by atoms with van der Waals surface area (Å²) in [5.41, 5.74) is 0.671. The minimum atomic E-state index is -0.257. The third-order valence-electron chi connectivity index (χ3n) is 3.79. The predicted molar refractivity (Wildman–Crippen MR) is 84.3 cm³/mol. The first-order chi connectivity index (χ1) is 10.4. The summed E-state index contributed by atoms with van der Waals surface area (Å²) < 4.78 is 1.63. The molecule has 1 aromatic heterocycles. The molecule has 2 amide bonds. The van der Waals surface area contributed by atoms with Crippen LogP contribution in [-0.2, 0) is 16.6 Å². The Labute approximate surface area is 131 Å². The van der Waals surface area contributed by atoms with E-state index < -0.39 is 0 Å². The Morgan fingerprint density at radius 2 is 2.18 bits per heavy atom. The van der Waals surface area contributed by atoms with Crippen LogP contribution in [0.25, 0.3) is 0 Å². The highest BCUT2D eigenvalue weighted by molar-refractivity contribution is 5.92. The molecule has 122 valence electrons. The molecule has 7 nitrogen and oxygen atoms in total. The van der Waals surface area contributed by atoms with Gasteiger partial charge in [0.25, 0.3) is 0 Å². The van der Waals surface area contributed by atoms with E-state index in [1.54, 1.807) is 24.1 Å². The highest BCUT2D eigenvalue weighted by Gasteiger charge is 2.32. The molecule has 1 aliphatic heterocycles. The van der Waals surface area contributed by atoms with Crippen LogP contribution in [0.4, 0.5) is 5.69 Å². The number of carbonyl (C=O) groups is 2. The molecule has 1 aromatic rings. The van der Waals surface area contributed by atoms with Crippen molar-refractivity contribution in [2.24, 2.45) is 13.0 Å². The summed E-state index contributed by atoms with van der Waals surface area (Å²) in [6, 6.07) is -0.257. The van der Waals surface area contributed by atoms with Crippen LogP contribution < -0.4 is 5.32 Å². The SMILES string of the molecule is CC(C)CN1CCN(CC(=O)Nc2cnn(C)c2)[C@H](C)C1=O. The lowest BCUT2D eigenvalue weighted by Gasteiger charge is -2.39. The Morgan fingerprint density at radius 3 is 2.77 bits per heavy atom. The maximum absolute atomic E-state index is 12.4. The van der Waals surface area contributed by atoms with E-state index in [0.717, 1.165) is 13.1 Å². The van der Waals surface area contributed by atoms with Gasteiger partial charge in [-0.25, -0.2) is 0 Å². The van der Waals surface area contributed by atoms with Crippen molar-refractivity contribution in [1.82, 2.24) is 19.6 Å². The van der Waals surface area contributed by atoms with Crippen molar-refractivity contribution in [3.8, 4) is 0 Å². The van der Waals surface area contributed by atoms with Gasteiger partial charge in [-0.15, -0.1) is 0 Å². The van der Waals surface area contributed by atoms with Crippen LogP contribution in [0.15, 0.2) is 12.4 Å². The molecule has 0 spiro atoms. The Kier molecular flexibility index (Phi) is 5.18.